The molecule has 1 fully saturated rings. The van der Waals surface area contributed by atoms with E-state index in [4.69, 9.17) is 5.11 Å². The van der Waals surface area contributed by atoms with Crippen LogP contribution in [-0.2, 0) is 14.8 Å². The number of rotatable bonds is 4. The number of nitrogens with zero attached hydrogens (tertiary/aromatic N) is 2. The average molecular weight is 338 g/mol. The van der Waals surface area contributed by atoms with E-state index in [2.05, 4.69) is 0 Å². The number of carboxylic acids is 1. The fourth-order valence-electron chi connectivity index (χ4n) is 2.25. The molecule has 23 heavy (non-hydrogen) atoms. The zero-order valence-electron chi connectivity index (χ0n) is 12.7. The first kappa shape index (κ1) is 17.2. The molecule has 7 nitrogen and oxygen atoms in total. The normalized spacial score (nSPS) is 16.7. The Labute approximate surface area is 134 Å². The Morgan fingerprint density at radius 2 is 1.65 bits per heavy atom. The van der Waals surface area contributed by atoms with Gasteiger partial charge < -0.3 is 10.0 Å². The van der Waals surface area contributed by atoms with Crippen LogP contribution in [0.5, 0.6) is 0 Å². The molecule has 0 unspecified atom stereocenters. The summed E-state index contributed by atoms with van der Waals surface area (Å²) in [6, 6.07) is 6.18. The number of amides is 1. The largest absolute Gasteiger partial charge is 0.478 e. The van der Waals surface area contributed by atoms with E-state index < -0.39 is 16.0 Å². The van der Waals surface area contributed by atoms with Gasteiger partial charge in [0.1, 0.15) is 0 Å². The van der Waals surface area contributed by atoms with Crippen molar-refractivity contribution in [3.8, 4) is 0 Å². The van der Waals surface area contributed by atoms with Crippen LogP contribution in [0.25, 0.3) is 6.08 Å². The van der Waals surface area contributed by atoms with Crippen LogP contribution in [-0.4, -0.2) is 67.0 Å². The molecule has 1 heterocycles. The van der Waals surface area contributed by atoms with Gasteiger partial charge in [-0.3, -0.25) is 4.79 Å². The van der Waals surface area contributed by atoms with E-state index in [0.29, 0.717) is 26.2 Å². The lowest BCUT2D eigenvalue weighted by atomic mass is 10.1. The second kappa shape index (κ2) is 6.93. The van der Waals surface area contributed by atoms with Gasteiger partial charge in [0.05, 0.1) is 11.8 Å². The van der Waals surface area contributed by atoms with Crippen molar-refractivity contribution in [3.63, 3.8) is 0 Å². The number of carbonyl (C=O) groups excluding carboxylic acids is 1. The molecular weight excluding hydrogens is 320 g/mol. The Kier molecular flexibility index (Phi) is 5.17. The van der Waals surface area contributed by atoms with Crippen LogP contribution in [0, 0.1) is 0 Å². The van der Waals surface area contributed by atoms with Gasteiger partial charge in [-0.1, -0.05) is 12.1 Å². The number of carboxylic acid groups (broad SMARTS) is 1. The van der Waals surface area contributed by atoms with Gasteiger partial charge in [0, 0.05) is 32.3 Å². The van der Waals surface area contributed by atoms with Crippen LogP contribution in [0.4, 0.5) is 0 Å². The Balaban J connectivity index is 1.93. The summed E-state index contributed by atoms with van der Waals surface area (Å²) in [6.07, 6.45) is 4.17. The summed E-state index contributed by atoms with van der Waals surface area (Å²) < 4.78 is 24.2. The van der Waals surface area contributed by atoms with Gasteiger partial charge in [0.15, 0.2) is 0 Å². The molecule has 1 aromatic carbocycles. The van der Waals surface area contributed by atoms with E-state index in [1.807, 2.05) is 0 Å². The predicted molar refractivity (Wildman–Crippen MR) is 85.4 cm³/mol. The molecule has 0 spiro atoms. The number of sulfonamides is 1. The number of benzene rings is 1. The molecule has 124 valence electrons. The van der Waals surface area contributed by atoms with Crippen LogP contribution in [0.3, 0.4) is 0 Å². The van der Waals surface area contributed by atoms with E-state index in [1.165, 1.54) is 22.5 Å². The number of hydrogen-bond acceptors (Lipinski definition) is 4. The Bertz CT molecular complexity index is 717. The molecule has 1 aromatic rings. The molecule has 0 radical (unpaired) electrons. The van der Waals surface area contributed by atoms with Crippen LogP contribution >= 0.6 is 0 Å². The van der Waals surface area contributed by atoms with Crippen molar-refractivity contribution in [3.05, 3.63) is 41.5 Å². The molecule has 1 amide bonds. The first-order valence-electron chi connectivity index (χ1n) is 7.03. The Morgan fingerprint density at radius 3 is 2.13 bits per heavy atom. The number of hydrogen-bond donors (Lipinski definition) is 1. The summed E-state index contributed by atoms with van der Waals surface area (Å²) in [4.78, 5) is 24.4. The van der Waals surface area contributed by atoms with E-state index in [1.54, 1.807) is 23.1 Å². The maximum Gasteiger partial charge on any atom is 0.335 e. The third-order valence-corrected chi connectivity index (χ3v) is 4.90. The lowest BCUT2D eigenvalue weighted by molar-refractivity contribution is -0.127. The zero-order valence-corrected chi connectivity index (χ0v) is 13.5. The summed E-state index contributed by atoms with van der Waals surface area (Å²) >= 11 is 0. The van der Waals surface area contributed by atoms with Gasteiger partial charge in [0.25, 0.3) is 0 Å². The van der Waals surface area contributed by atoms with E-state index in [-0.39, 0.29) is 11.5 Å². The van der Waals surface area contributed by atoms with Crippen LogP contribution in [0.15, 0.2) is 30.3 Å². The van der Waals surface area contributed by atoms with Crippen LogP contribution in [0.1, 0.15) is 15.9 Å². The third kappa shape index (κ3) is 4.64. The molecule has 1 aliphatic rings. The molecular formula is C15H18N2O5S. The average Bonchev–Trinajstić information content (AvgIpc) is 2.52. The smallest absolute Gasteiger partial charge is 0.335 e. The van der Waals surface area contributed by atoms with Gasteiger partial charge in [0.2, 0.25) is 15.9 Å². The van der Waals surface area contributed by atoms with Gasteiger partial charge in [-0.05, 0) is 23.8 Å². The molecule has 2 rings (SSSR count). The van der Waals surface area contributed by atoms with Crippen LogP contribution in [0.2, 0.25) is 0 Å². The second-order valence-corrected chi connectivity index (χ2v) is 7.23. The second-order valence-electron chi connectivity index (χ2n) is 5.25. The number of carbonyl (C=O) groups is 2. The Morgan fingerprint density at radius 1 is 1.09 bits per heavy atom. The van der Waals surface area contributed by atoms with Gasteiger partial charge >= 0.3 is 5.97 Å². The van der Waals surface area contributed by atoms with Crippen molar-refractivity contribution < 1.29 is 23.1 Å². The molecule has 0 saturated carbocycles. The highest BCUT2D eigenvalue weighted by Crippen LogP contribution is 2.09. The predicted octanol–water partition coefficient (Wildman–Crippen LogP) is 0.502. The van der Waals surface area contributed by atoms with Crippen molar-refractivity contribution >= 4 is 28.0 Å². The monoisotopic (exact) mass is 338 g/mol. The SMILES string of the molecule is CS(=O)(=O)N1CCN(C(=O)C=Cc2ccc(C(=O)O)cc2)CC1. The van der Waals surface area contributed by atoms with Crippen molar-refractivity contribution in [2.75, 3.05) is 32.4 Å². The highest BCUT2D eigenvalue weighted by Gasteiger charge is 2.24. The Hall–Kier alpha value is -2.19. The van der Waals surface area contributed by atoms with E-state index in [9.17, 15) is 18.0 Å². The minimum absolute atomic E-state index is 0.186. The third-order valence-electron chi connectivity index (χ3n) is 3.60. The molecule has 0 aromatic heterocycles. The van der Waals surface area contributed by atoms with Crippen molar-refractivity contribution in [2.45, 2.75) is 0 Å². The van der Waals surface area contributed by atoms with Gasteiger partial charge in [-0.25, -0.2) is 13.2 Å². The fraction of sp³-hybridized carbons (Fsp3) is 0.333. The van der Waals surface area contributed by atoms with E-state index in [0.717, 1.165) is 11.8 Å². The first-order chi connectivity index (χ1) is 10.8. The summed E-state index contributed by atoms with van der Waals surface area (Å²) in [5, 5.41) is 8.82. The quantitative estimate of drug-likeness (QED) is 0.807. The van der Waals surface area contributed by atoms with Gasteiger partial charge in [-0.15, -0.1) is 0 Å². The number of aromatic carboxylic acids is 1. The first-order valence-corrected chi connectivity index (χ1v) is 8.87. The van der Waals surface area contributed by atoms with Crippen LogP contribution < -0.4 is 0 Å². The topological polar surface area (TPSA) is 95.0 Å². The molecule has 0 bridgehead atoms. The molecule has 1 aliphatic heterocycles. The minimum atomic E-state index is -3.21. The van der Waals surface area contributed by atoms with Crippen molar-refractivity contribution in [2.24, 2.45) is 0 Å². The minimum Gasteiger partial charge on any atom is -0.478 e. The molecule has 0 atom stereocenters. The molecule has 0 aliphatic carbocycles. The number of piperazine rings is 1. The lowest BCUT2D eigenvalue weighted by Gasteiger charge is -2.32. The van der Waals surface area contributed by atoms with Crippen molar-refractivity contribution in [1.29, 1.82) is 0 Å². The van der Waals surface area contributed by atoms with Crippen molar-refractivity contribution in [1.82, 2.24) is 9.21 Å². The summed E-state index contributed by atoms with van der Waals surface area (Å²) in [7, 11) is -3.21. The lowest BCUT2D eigenvalue weighted by Crippen LogP contribution is -2.49. The van der Waals surface area contributed by atoms with Gasteiger partial charge in [-0.2, -0.15) is 4.31 Å². The maximum atomic E-state index is 12.1. The summed E-state index contributed by atoms with van der Waals surface area (Å²) in [6.45, 7) is 1.31. The fourth-order valence-corrected chi connectivity index (χ4v) is 3.08. The standard InChI is InChI=1S/C15H18N2O5S/c1-23(21,22)17-10-8-16(9-11-17)14(18)7-4-12-2-5-13(6-3-12)15(19)20/h2-7H,8-11H2,1H3,(H,19,20). The molecule has 8 heteroatoms. The summed E-state index contributed by atoms with van der Waals surface area (Å²) in [5.74, 6) is -1.19. The molecule has 1 saturated heterocycles. The maximum absolute atomic E-state index is 12.1. The highest BCUT2D eigenvalue weighted by molar-refractivity contribution is 7.88. The molecule has 1 N–H and O–H groups in total. The highest BCUT2D eigenvalue weighted by atomic mass is 32.2. The van der Waals surface area contributed by atoms with E-state index >= 15 is 0 Å². The zero-order chi connectivity index (χ0) is 17.0. The summed E-state index contributed by atoms with van der Waals surface area (Å²) in [5.41, 5.74) is 0.906.